The van der Waals surface area contributed by atoms with Crippen LogP contribution in [-0.4, -0.2) is 29.9 Å². The topological polar surface area (TPSA) is 95.6 Å². The summed E-state index contributed by atoms with van der Waals surface area (Å²) in [6.45, 7) is -1.13. The zero-order valence-electron chi connectivity index (χ0n) is 18.3. The third-order valence-electron chi connectivity index (χ3n) is 4.70. The Hall–Kier alpha value is -3.80. The largest absolute Gasteiger partial charge is 0.493 e. The number of amides is 1. The van der Waals surface area contributed by atoms with Crippen molar-refractivity contribution in [2.24, 2.45) is 0 Å². The second kappa shape index (κ2) is 10.6. The van der Waals surface area contributed by atoms with Crippen molar-refractivity contribution in [1.82, 2.24) is 15.1 Å². The normalized spacial score (nSPS) is 11.6. The Bertz CT molecular complexity index is 1320. The molecule has 1 N–H and O–H groups in total. The first-order valence-corrected chi connectivity index (χ1v) is 10.2. The summed E-state index contributed by atoms with van der Waals surface area (Å²) in [4.78, 5) is 24.1. The molecule has 0 spiro atoms. The molecular formula is C22H18ClF4N3O5. The van der Waals surface area contributed by atoms with E-state index < -0.39 is 42.3 Å². The zero-order chi connectivity index (χ0) is 25.8. The second-order valence-corrected chi connectivity index (χ2v) is 7.33. The minimum absolute atomic E-state index is 0.141. The second-order valence-electron chi connectivity index (χ2n) is 6.95. The molecule has 0 radical (unpaired) electrons. The lowest BCUT2D eigenvalue weighted by molar-refractivity contribution is -0.140. The van der Waals surface area contributed by atoms with Gasteiger partial charge in [-0.25, -0.2) is 9.18 Å². The smallest absolute Gasteiger partial charge is 0.437 e. The van der Waals surface area contributed by atoms with Gasteiger partial charge in [0.2, 0.25) is 11.8 Å². The van der Waals surface area contributed by atoms with Crippen LogP contribution in [0, 0.1) is 5.82 Å². The van der Waals surface area contributed by atoms with E-state index >= 15 is 0 Å². The molecule has 0 fully saturated rings. The van der Waals surface area contributed by atoms with Crippen LogP contribution in [0.4, 0.5) is 17.6 Å². The van der Waals surface area contributed by atoms with Crippen LogP contribution in [0.3, 0.4) is 0 Å². The summed E-state index contributed by atoms with van der Waals surface area (Å²) in [6, 6.07) is 5.99. The molecule has 13 heteroatoms. The van der Waals surface area contributed by atoms with E-state index in [0.717, 1.165) is 12.1 Å². The van der Waals surface area contributed by atoms with Crippen molar-refractivity contribution in [3.8, 4) is 11.5 Å². The van der Waals surface area contributed by atoms with Gasteiger partial charge in [0.1, 0.15) is 12.4 Å². The van der Waals surface area contributed by atoms with E-state index in [9.17, 15) is 27.2 Å². The van der Waals surface area contributed by atoms with E-state index in [1.807, 2.05) is 0 Å². The molecule has 1 aromatic heterocycles. The lowest BCUT2D eigenvalue weighted by Gasteiger charge is -2.11. The van der Waals surface area contributed by atoms with Gasteiger partial charge < -0.3 is 19.2 Å². The number of ether oxygens (including phenoxy) is 2. The van der Waals surface area contributed by atoms with Crippen LogP contribution in [0.1, 0.15) is 22.6 Å². The molecule has 1 heterocycles. The predicted octanol–water partition coefficient (Wildman–Crippen LogP) is 4.15. The summed E-state index contributed by atoms with van der Waals surface area (Å²) < 4.78 is 68.5. The number of carbonyl (C=O) groups excluding carboxylic acids is 1. The number of rotatable bonds is 8. The Balaban J connectivity index is 1.68. The Morgan fingerprint density at radius 2 is 1.94 bits per heavy atom. The number of benzene rings is 2. The Morgan fingerprint density at radius 3 is 2.60 bits per heavy atom. The number of hydrogen-bond acceptors (Lipinski definition) is 6. The fraction of sp³-hybridized carbons (Fsp3) is 0.227. The minimum atomic E-state index is -4.87. The molecule has 35 heavy (non-hydrogen) atoms. The van der Waals surface area contributed by atoms with Gasteiger partial charge in [0.25, 0.3) is 0 Å². The van der Waals surface area contributed by atoms with E-state index in [2.05, 4.69) is 10.4 Å². The molecule has 1 amide bonds. The summed E-state index contributed by atoms with van der Waals surface area (Å²) in [5.41, 5.74) is -1.30. The van der Waals surface area contributed by atoms with Gasteiger partial charge in [-0.3, -0.25) is 4.79 Å². The number of halogens is 5. The van der Waals surface area contributed by atoms with E-state index in [1.54, 1.807) is 12.1 Å². The first kappa shape index (κ1) is 25.8. The molecule has 0 atom stereocenters. The zero-order valence-corrected chi connectivity index (χ0v) is 19.0. The average Bonchev–Trinajstić information content (AvgIpc) is 3.15. The van der Waals surface area contributed by atoms with Crippen molar-refractivity contribution in [3.05, 3.63) is 74.3 Å². The van der Waals surface area contributed by atoms with Crippen LogP contribution >= 0.6 is 11.6 Å². The van der Waals surface area contributed by atoms with Crippen molar-refractivity contribution in [2.75, 3.05) is 14.2 Å². The van der Waals surface area contributed by atoms with E-state index in [-0.39, 0.29) is 16.5 Å². The van der Waals surface area contributed by atoms with Crippen molar-refractivity contribution < 1.29 is 36.2 Å². The summed E-state index contributed by atoms with van der Waals surface area (Å²) in [5.74, 6) is -2.66. The molecule has 3 aromatic rings. The molecule has 0 aliphatic carbocycles. The summed E-state index contributed by atoms with van der Waals surface area (Å²) >= 11 is 6.28. The number of methoxy groups -OCH3 is 2. The molecule has 0 bridgehead atoms. The maximum absolute atomic E-state index is 14.1. The molecule has 0 unspecified atom stereocenters. The van der Waals surface area contributed by atoms with Gasteiger partial charge in [0, 0.05) is 18.2 Å². The van der Waals surface area contributed by atoms with Crippen molar-refractivity contribution in [3.63, 3.8) is 0 Å². The number of nitrogens with one attached hydrogen (secondary N) is 1. The molecule has 0 aliphatic heterocycles. The van der Waals surface area contributed by atoms with Crippen molar-refractivity contribution in [2.45, 2.75) is 19.3 Å². The van der Waals surface area contributed by atoms with Gasteiger partial charge in [-0.15, -0.1) is 5.10 Å². The predicted molar refractivity (Wildman–Crippen MR) is 117 cm³/mol. The van der Waals surface area contributed by atoms with E-state index in [4.69, 9.17) is 25.5 Å². The van der Waals surface area contributed by atoms with Gasteiger partial charge in [0.05, 0.1) is 24.8 Å². The monoisotopic (exact) mass is 515 g/mol. The van der Waals surface area contributed by atoms with Gasteiger partial charge in [-0.2, -0.15) is 17.9 Å². The fourth-order valence-corrected chi connectivity index (χ4v) is 3.30. The number of hydrogen-bond donors (Lipinski definition) is 1. The van der Waals surface area contributed by atoms with Crippen molar-refractivity contribution in [1.29, 1.82) is 0 Å². The SMILES string of the molecule is COc1ccc(/C=C/c2nn(CC(=O)NCc3cccc(C(F)(F)F)c3F)c(=O)o2)c(Cl)c1OC. The lowest BCUT2D eigenvalue weighted by Crippen LogP contribution is -2.31. The molecule has 8 nitrogen and oxygen atoms in total. The van der Waals surface area contributed by atoms with Crippen LogP contribution < -0.4 is 20.5 Å². The van der Waals surface area contributed by atoms with E-state index in [1.165, 1.54) is 26.4 Å². The maximum Gasteiger partial charge on any atom is 0.437 e. The molecule has 0 saturated carbocycles. The number of aromatic nitrogens is 2. The highest BCUT2D eigenvalue weighted by molar-refractivity contribution is 6.34. The number of carbonyl (C=O) groups is 1. The van der Waals surface area contributed by atoms with Gasteiger partial charge in [-0.1, -0.05) is 23.7 Å². The highest BCUT2D eigenvalue weighted by Gasteiger charge is 2.34. The summed E-state index contributed by atoms with van der Waals surface area (Å²) in [5, 5.41) is 6.34. The number of nitrogens with zero attached hydrogens (tertiary/aromatic N) is 2. The Labute approximate surface area is 200 Å². The molecule has 186 valence electrons. The summed E-state index contributed by atoms with van der Waals surface area (Å²) in [6.07, 6.45) is -2.04. The summed E-state index contributed by atoms with van der Waals surface area (Å²) in [7, 11) is 2.88. The molecule has 0 saturated heterocycles. The fourth-order valence-electron chi connectivity index (χ4n) is 3.00. The molecule has 0 aliphatic rings. The number of alkyl halides is 3. The van der Waals surface area contributed by atoms with Gasteiger partial charge in [0.15, 0.2) is 11.5 Å². The third-order valence-corrected chi connectivity index (χ3v) is 5.09. The Kier molecular flexibility index (Phi) is 7.85. The quantitative estimate of drug-likeness (QED) is 0.453. The van der Waals surface area contributed by atoms with Crippen LogP contribution in [0.15, 0.2) is 39.5 Å². The van der Waals surface area contributed by atoms with Gasteiger partial charge in [-0.05, 0) is 29.8 Å². The van der Waals surface area contributed by atoms with Crippen LogP contribution in [0.2, 0.25) is 5.02 Å². The highest BCUT2D eigenvalue weighted by atomic mass is 35.5. The lowest BCUT2D eigenvalue weighted by atomic mass is 10.1. The maximum atomic E-state index is 14.1. The molecular weight excluding hydrogens is 498 g/mol. The van der Waals surface area contributed by atoms with E-state index in [0.29, 0.717) is 27.8 Å². The molecule has 2 aromatic carbocycles. The minimum Gasteiger partial charge on any atom is -0.493 e. The van der Waals surface area contributed by atoms with Crippen LogP contribution in [0.5, 0.6) is 11.5 Å². The average molecular weight is 516 g/mol. The highest BCUT2D eigenvalue weighted by Crippen LogP contribution is 2.38. The Morgan fingerprint density at radius 1 is 1.20 bits per heavy atom. The third kappa shape index (κ3) is 6.01. The van der Waals surface area contributed by atoms with Gasteiger partial charge >= 0.3 is 11.9 Å². The first-order valence-electron chi connectivity index (χ1n) is 9.83. The standard InChI is InChI=1S/C22H18ClF4N3O5/c1-33-15-8-6-12(18(23)20(15)34-2)7-9-17-29-30(21(32)35-17)11-16(31)28-10-13-4-3-5-14(19(13)24)22(25,26)27/h3-9H,10-11H2,1-2H3,(H,28,31)/b9-7+. The van der Waals surface area contributed by atoms with Crippen LogP contribution in [0.25, 0.3) is 12.2 Å². The van der Waals surface area contributed by atoms with Crippen molar-refractivity contribution >= 4 is 29.7 Å². The van der Waals surface area contributed by atoms with Crippen LogP contribution in [-0.2, 0) is 24.1 Å². The first-order chi connectivity index (χ1) is 16.5. The molecule has 3 rings (SSSR count).